The summed E-state index contributed by atoms with van der Waals surface area (Å²) >= 11 is 6.82. The zero-order chi connectivity index (χ0) is 44.9. The highest BCUT2D eigenvalue weighted by atomic mass is 35.5. The third-order valence-electron chi connectivity index (χ3n) is 14.4. The number of hydrogen-bond acceptors (Lipinski definition) is 12. The first-order chi connectivity index (χ1) is 27.6. The zero-order valence-electron chi connectivity index (χ0n) is 36.9. The molecule has 3 fully saturated rings. The molecule has 2 aliphatic heterocycles. The number of esters is 1. The molecule has 6 aliphatic rings. The van der Waals surface area contributed by atoms with E-state index >= 15 is 4.79 Å². The third-order valence-corrected chi connectivity index (χ3v) is 14.7. The summed E-state index contributed by atoms with van der Waals surface area (Å²) < 4.78 is 16.7. The molecule has 16 heteroatoms. The van der Waals surface area contributed by atoms with Crippen molar-refractivity contribution in [2.75, 3.05) is 6.54 Å². The van der Waals surface area contributed by atoms with E-state index in [4.69, 9.17) is 30.6 Å². The number of carboxylic acid groups (broad SMARTS) is 2. The fraction of sp³-hybridized carbons (Fsp3) is 0.727. The predicted octanol–water partition coefficient (Wildman–Crippen LogP) is 5.97. The van der Waals surface area contributed by atoms with Crippen molar-refractivity contribution in [3.05, 3.63) is 34.4 Å². The summed E-state index contributed by atoms with van der Waals surface area (Å²) in [4.78, 5) is 78.6. The van der Waals surface area contributed by atoms with Crippen LogP contribution in [0.15, 0.2) is 39.6 Å². The van der Waals surface area contributed by atoms with Crippen molar-refractivity contribution < 1.29 is 62.8 Å². The number of ether oxygens (including phenoxy) is 3. The molecule has 2 N–H and O–H groups in total. The second-order valence-corrected chi connectivity index (χ2v) is 20.7. The first-order valence-corrected chi connectivity index (χ1v) is 21.4. The minimum Gasteiger partial charge on any atom is -0.498 e. The van der Waals surface area contributed by atoms with E-state index in [1.807, 2.05) is 13.8 Å². The van der Waals surface area contributed by atoms with E-state index < -0.39 is 104 Å². The van der Waals surface area contributed by atoms with Gasteiger partial charge in [-0.05, 0) is 91.6 Å². The minimum atomic E-state index is -2.82. The van der Waals surface area contributed by atoms with E-state index in [0.29, 0.717) is 24.8 Å². The van der Waals surface area contributed by atoms with E-state index in [2.05, 4.69) is 5.16 Å². The lowest BCUT2D eigenvalue weighted by Crippen LogP contribution is -2.86. The zero-order valence-corrected chi connectivity index (χ0v) is 37.7. The fourth-order valence-corrected chi connectivity index (χ4v) is 12.2. The van der Waals surface area contributed by atoms with E-state index in [-0.39, 0.29) is 34.8 Å². The maximum absolute atomic E-state index is 15.2. The molecule has 0 aromatic carbocycles. The summed E-state index contributed by atoms with van der Waals surface area (Å²) in [5, 5.41) is 45.9. The summed E-state index contributed by atoms with van der Waals surface area (Å²) in [5.74, 6) is -6.16. The number of carboxylic acids is 1. The van der Waals surface area contributed by atoms with Crippen LogP contribution < -0.4 is 5.11 Å². The van der Waals surface area contributed by atoms with Crippen molar-refractivity contribution in [2.45, 2.75) is 168 Å². The average molecular weight is 860 g/mol. The van der Waals surface area contributed by atoms with Gasteiger partial charge in [0.1, 0.15) is 23.0 Å². The number of allylic oxidation sites excluding steroid dienone is 3. The van der Waals surface area contributed by atoms with Crippen molar-refractivity contribution in [2.24, 2.45) is 34.2 Å². The van der Waals surface area contributed by atoms with Crippen LogP contribution in [0.4, 0.5) is 9.59 Å². The quantitative estimate of drug-likeness (QED) is 0.165. The molecule has 1 saturated heterocycles. The lowest BCUT2D eigenvalue weighted by Gasteiger charge is -2.66. The summed E-state index contributed by atoms with van der Waals surface area (Å²) in [6.45, 7) is 19.5. The van der Waals surface area contributed by atoms with Gasteiger partial charge in [0.2, 0.25) is 17.0 Å². The smallest absolute Gasteiger partial charge is 0.498 e. The first-order valence-electron chi connectivity index (χ1n) is 21.0. The molecule has 15 nitrogen and oxygen atoms in total. The molecule has 0 aromatic rings. The Morgan fingerprint density at radius 2 is 1.72 bits per heavy atom. The van der Waals surface area contributed by atoms with Gasteiger partial charge in [0.05, 0.1) is 23.0 Å². The number of oxime groups is 1. The fourth-order valence-electron chi connectivity index (χ4n) is 11.9. The molecule has 2 heterocycles. The maximum atomic E-state index is 15.2. The largest absolute Gasteiger partial charge is 0.510 e. The monoisotopic (exact) mass is 859 g/mol. The van der Waals surface area contributed by atoms with Gasteiger partial charge in [-0.3, -0.25) is 9.59 Å². The van der Waals surface area contributed by atoms with Crippen LogP contribution in [-0.4, -0.2) is 108 Å². The number of quaternary nitrogens is 1. The number of aliphatic hydroxyl groups is 1. The maximum Gasteiger partial charge on any atom is 0.510 e. The summed E-state index contributed by atoms with van der Waals surface area (Å²) in [7, 11) is 0. The van der Waals surface area contributed by atoms with Crippen LogP contribution in [0.3, 0.4) is 0 Å². The van der Waals surface area contributed by atoms with Gasteiger partial charge in [0.25, 0.3) is 6.09 Å². The number of nitrogens with zero attached hydrogens (tertiary/aromatic N) is 3. The molecule has 0 bridgehead atoms. The van der Waals surface area contributed by atoms with Crippen LogP contribution in [0.1, 0.15) is 122 Å². The Morgan fingerprint density at radius 1 is 1.08 bits per heavy atom. The van der Waals surface area contributed by atoms with Crippen LogP contribution in [0.2, 0.25) is 0 Å². The van der Waals surface area contributed by atoms with Crippen molar-refractivity contribution >= 4 is 47.4 Å². The van der Waals surface area contributed by atoms with Gasteiger partial charge < -0.3 is 44.1 Å². The average Bonchev–Trinajstić information content (AvgIpc) is 3.88. The molecule has 2 saturated carbocycles. The Bertz CT molecular complexity index is 1980. The second kappa shape index (κ2) is 14.9. The molecule has 11 atom stereocenters. The highest BCUT2D eigenvalue weighted by Gasteiger charge is 2.89. The molecule has 0 radical (unpaired) electrons. The number of carbonyl (C=O) groups is 5. The van der Waals surface area contributed by atoms with Crippen LogP contribution in [0, 0.1) is 29.1 Å². The molecule has 332 valence electrons. The standard InChI is InChI=1S/C44H62ClN3O12/c1-23-18-30-32(31(45)19-23)46-60-35-43(30,59-38(55)58-40(9,10)11)22-42(36(51)52,48(35,37(53)54)39(6,7)8)34-33(57-27(5)50)24(2)20-28-14-13-17-41(12,44(28,34)56)25(3)21-47(26(4)49)29-15-16-29/h18-20,23,25,28-29,33-35,56H,13-17,21-22H2,1-12H3,(H-,51,52,53,54)/t23?,25?,28-,33-,34+,35+,41+,42-,43+,44+,48?/m0/s1. The number of fused-ring (bicyclic) bond motifs is 4. The van der Waals surface area contributed by atoms with Gasteiger partial charge in [-0.25, -0.2) is 14.1 Å². The number of rotatable bonds is 8. The van der Waals surface area contributed by atoms with Gasteiger partial charge in [-0.2, -0.15) is 0 Å². The summed E-state index contributed by atoms with van der Waals surface area (Å²) in [6, 6.07) is 0.0236. The van der Waals surface area contributed by atoms with Crippen LogP contribution >= 0.6 is 11.6 Å². The number of halogens is 1. The van der Waals surface area contributed by atoms with Crippen molar-refractivity contribution in [3.63, 3.8) is 0 Å². The molecule has 3 unspecified atom stereocenters. The summed E-state index contributed by atoms with van der Waals surface area (Å²) in [6.07, 6.45) is 0.588. The highest BCUT2D eigenvalue weighted by Crippen LogP contribution is 2.69. The topological polar surface area (TPSA) is 201 Å². The number of likely N-dealkylation sites (tertiary alicyclic amines) is 1. The Labute approximate surface area is 357 Å². The Balaban J connectivity index is 1.76. The van der Waals surface area contributed by atoms with Gasteiger partial charge >= 0.3 is 24.3 Å². The van der Waals surface area contributed by atoms with Crippen molar-refractivity contribution in [1.29, 1.82) is 0 Å². The lowest BCUT2D eigenvalue weighted by molar-refractivity contribution is -0.990. The van der Waals surface area contributed by atoms with Crippen LogP contribution in [-0.2, 0) is 33.4 Å². The van der Waals surface area contributed by atoms with E-state index in [1.165, 1.54) is 27.7 Å². The SMILES string of the molecule is CC(=O)O[C@H]1C(C)=C[C@@H]2CCC[C@](C)(C(C)CN(C(C)=O)C3CC3)[C@]2(O)[C@H]1[C@]1(C(=O)O)C[C@@]2(OC(=O)OC(C)(C)C)C3=CC(C)C=C(Cl)C3=NO[C@H]2[N+]1(C(=O)[O-])C(C)(C)C. The normalized spacial score (nSPS) is 37.9. The van der Waals surface area contributed by atoms with E-state index in [1.54, 1.807) is 57.7 Å². The van der Waals surface area contributed by atoms with Crippen LogP contribution in [0.5, 0.6) is 0 Å². The van der Waals surface area contributed by atoms with E-state index in [9.17, 15) is 34.5 Å². The third kappa shape index (κ3) is 6.58. The predicted molar refractivity (Wildman–Crippen MR) is 217 cm³/mol. The molecule has 4 aliphatic carbocycles. The van der Waals surface area contributed by atoms with Crippen molar-refractivity contribution in [1.82, 2.24) is 4.90 Å². The number of aliphatic carboxylic acids is 1. The number of hydrogen-bond donors (Lipinski definition) is 2. The minimum absolute atomic E-state index is 0.00510. The number of carbonyl (C=O) groups excluding carboxylic acids is 4. The van der Waals surface area contributed by atoms with Gasteiger partial charge in [-0.15, -0.1) is 0 Å². The highest BCUT2D eigenvalue weighted by molar-refractivity contribution is 6.47. The second-order valence-electron chi connectivity index (χ2n) is 20.3. The summed E-state index contributed by atoms with van der Waals surface area (Å²) in [5.41, 5.74) is -10.9. The molecular formula is C44H62ClN3O12. The van der Waals surface area contributed by atoms with Gasteiger partial charge in [-0.1, -0.05) is 62.2 Å². The Morgan fingerprint density at radius 3 is 2.23 bits per heavy atom. The molecule has 60 heavy (non-hydrogen) atoms. The molecule has 6 rings (SSSR count). The molecule has 2 amide bonds. The van der Waals surface area contributed by atoms with Crippen molar-refractivity contribution in [3.8, 4) is 0 Å². The Hall–Kier alpha value is -3.95. The Kier molecular flexibility index (Phi) is 11.3. The molecule has 0 spiro atoms. The van der Waals surface area contributed by atoms with Gasteiger partial charge in [0, 0.05) is 43.3 Å². The first kappa shape index (κ1) is 45.6. The van der Waals surface area contributed by atoms with E-state index in [0.717, 1.165) is 19.8 Å². The number of amides is 2. The molecule has 0 aromatic heterocycles. The lowest BCUT2D eigenvalue weighted by atomic mass is 9.44. The van der Waals surface area contributed by atoms with Crippen LogP contribution in [0.25, 0.3) is 0 Å². The van der Waals surface area contributed by atoms with Gasteiger partial charge in [0.15, 0.2) is 0 Å². The molecular weight excluding hydrogens is 798 g/mol.